The molecule has 0 saturated heterocycles. The second-order valence-electron chi connectivity index (χ2n) is 4.32. The van der Waals surface area contributed by atoms with Crippen molar-refractivity contribution in [1.82, 2.24) is 0 Å². The highest BCUT2D eigenvalue weighted by molar-refractivity contribution is 8.93. The SMILES string of the molecule is Br.CCC(CCCOc1ccccc1)C(N)O[PH](=O)O. The van der Waals surface area contributed by atoms with Crippen molar-refractivity contribution in [2.24, 2.45) is 11.7 Å². The maximum atomic E-state index is 10.6. The molecule has 116 valence electrons. The van der Waals surface area contributed by atoms with Crippen molar-refractivity contribution in [3.63, 3.8) is 0 Å². The third kappa shape index (κ3) is 8.02. The fourth-order valence-electron chi connectivity index (χ4n) is 1.87. The molecule has 0 fully saturated rings. The van der Waals surface area contributed by atoms with Crippen LogP contribution in [0.1, 0.15) is 26.2 Å². The number of hydrogen-bond donors (Lipinski definition) is 2. The Morgan fingerprint density at radius 3 is 2.55 bits per heavy atom. The lowest BCUT2D eigenvalue weighted by Gasteiger charge is -2.21. The Balaban J connectivity index is 0.00000361. The van der Waals surface area contributed by atoms with Crippen molar-refractivity contribution in [3.05, 3.63) is 30.3 Å². The molecule has 5 nitrogen and oxygen atoms in total. The molecule has 0 amide bonds. The summed E-state index contributed by atoms with van der Waals surface area (Å²) in [7, 11) is -2.97. The van der Waals surface area contributed by atoms with Crippen molar-refractivity contribution in [3.8, 4) is 5.75 Å². The standard InChI is InChI=1S/C13H22NO4P.BrH/c1-2-11(13(14)18-19(15)16)7-6-10-17-12-8-4-3-5-9-12;/h3-5,8-9,11,13,19H,2,6-7,10,14H2,1H3,(H,15,16);1H. The molecular weight excluding hydrogens is 345 g/mol. The van der Waals surface area contributed by atoms with E-state index in [1.165, 1.54) is 0 Å². The van der Waals surface area contributed by atoms with Crippen molar-refractivity contribution in [2.75, 3.05) is 6.61 Å². The summed E-state index contributed by atoms with van der Waals surface area (Å²) in [6, 6.07) is 9.60. The first-order valence-corrected chi connectivity index (χ1v) is 7.73. The summed E-state index contributed by atoms with van der Waals surface area (Å²) in [4.78, 5) is 8.71. The van der Waals surface area contributed by atoms with Gasteiger partial charge < -0.3 is 15.4 Å². The van der Waals surface area contributed by atoms with Gasteiger partial charge in [0.05, 0.1) is 6.61 Å². The quantitative estimate of drug-likeness (QED) is 0.398. The van der Waals surface area contributed by atoms with Crippen molar-refractivity contribution in [1.29, 1.82) is 0 Å². The van der Waals surface area contributed by atoms with E-state index in [9.17, 15) is 4.57 Å². The third-order valence-corrected chi connectivity index (χ3v) is 3.43. The summed E-state index contributed by atoms with van der Waals surface area (Å²) in [5.41, 5.74) is 5.73. The Hall–Kier alpha value is -0.390. The van der Waals surface area contributed by atoms with Crippen LogP contribution in [0.25, 0.3) is 0 Å². The maximum Gasteiger partial charge on any atom is 0.318 e. The van der Waals surface area contributed by atoms with Crippen LogP contribution in [0.2, 0.25) is 0 Å². The van der Waals surface area contributed by atoms with Gasteiger partial charge in [0, 0.05) is 0 Å². The smallest absolute Gasteiger partial charge is 0.318 e. The largest absolute Gasteiger partial charge is 0.494 e. The maximum absolute atomic E-state index is 10.6. The molecule has 0 saturated carbocycles. The molecule has 1 rings (SSSR count). The highest BCUT2D eigenvalue weighted by atomic mass is 79.9. The highest BCUT2D eigenvalue weighted by Crippen LogP contribution is 2.24. The van der Waals surface area contributed by atoms with Crippen LogP contribution in [0, 0.1) is 5.92 Å². The summed E-state index contributed by atoms with van der Waals surface area (Å²) >= 11 is 0. The number of para-hydroxylation sites is 1. The molecule has 0 heterocycles. The van der Waals surface area contributed by atoms with Crippen LogP contribution in [-0.4, -0.2) is 17.7 Å². The molecule has 0 aromatic heterocycles. The van der Waals surface area contributed by atoms with Crippen LogP contribution >= 0.6 is 25.2 Å². The van der Waals surface area contributed by atoms with Gasteiger partial charge in [0.2, 0.25) is 0 Å². The first kappa shape index (κ1) is 19.6. The summed E-state index contributed by atoms with van der Waals surface area (Å²) in [5, 5.41) is 0. The van der Waals surface area contributed by atoms with Crippen molar-refractivity contribution < 1.29 is 18.7 Å². The topological polar surface area (TPSA) is 81.8 Å². The Morgan fingerprint density at radius 1 is 1.35 bits per heavy atom. The Labute approximate surface area is 131 Å². The van der Waals surface area contributed by atoms with Crippen LogP contribution in [0.15, 0.2) is 30.3 Å². The molecule has 3 N–H and O–H groups in total. The normalized spacial score (nSPS) is 14.9. The first-order valence-electron chi connectivity index (χ1n) is 6.46. The summed E-state index contributed by atoms with van der Waals surface area (Å²) in [5.74, 6) is 0.914. The molecule has 3 unspecified atom stereocenters. The van der Waals surface area contributed by atoms with Gasteiger partial charge in [-0.05, 0) is 37.3 Å². The minimum Gasteiger partial charge on any atom is -0.494 e. The van der Waals surface area contributed by atoms with Crippen LogP contribution in [0.5, 0.6) is 5.75 Å². The molecule has 0 radical (unpaired) electrons. The van der Waals surface area contributed by atoms with E-state index in [0.29, 0.717) is 6.61 Å². The molecule has 0 spiro atoms. The van der Waals surface area contributed by atoms with Gasteiger partial charge in [-0.1, -0.05) is 25.1 Å². The summed E-state index contributed by atoms with van der Waals surface area (Å²) in [6.07, 6.45) is 1.76. The Kier molecular flexibility index (Phi) is 11.1. The van der Waals surface area contributed by atoms with Gasteiger partial charge in [-0.3, -0.25) is 9.09 Å². The average Bonchev–Trinajstić information content (AvgIpc) is 2.39. The average molecular weight is 368 g/mol. The fraction of sp³-hybridized carbons (Fsp3) is 0.538. The fourth-order valence-corrected chi connectivity index (χ4v) is 2.29. The minimum atomic E-state index is -2.97. The predicted octanol–water partition coefficient (Wildman–Crippen LogP) is 3.13. The number of halogens is 1. The van der Waals surface area contributed by atoms with E-state index in [2.05, 4.69) is 0 Å². The molecule has 1 aromatic carbocycles. The second kappa shape index (κ2) is 11.3. The number of benzene rings is 1. The van der Waals surface area contributed by atoms with Crippen LogP contribution < -0.4 is 10.5 Å². The van der Waals surface area contributed by atoms with Gasteiger partial charge in [0.25, 0.3) is 0 Å². The predicted molar refractivity (Wildman–Crippen MR) is 85.6 cm³/mol. The van der Waals surface area contributed by atoms with Crippen LogP contribution in [0.3, 0.4) is 0 Å². The van der Waals surface area contributed by atoms with Crippen LogP contribution in [-0.2, 0) is 9.09 Å². The van der Waals surface area contributed by atoms with Crippen molar-refractivity contribution in [2.45, 2.75) is 32.4 Å². The highest BCUT2D eigenvalue weighted by Gasteiger charge is 2.17. The van der Waals surface area contributed by atoms with Gasteiger partial charge in [-0.15, -0.1) is 17.0 Å². The molecule has 0 bridgehead atoms. The minimum absolute atomic E-state index is 0. The molecule has 0 aliphatic carbocycles. The van der Waals surface area contributed by atoms with E-state index in [0.717, 1.165) is 25.0 Å². The zero-order chi connectivity index (χ0) is 14.1. The summed E-state index contributed by atoms with van der Waals surface area (Å²) in [6.45, 7) is 2.59. The lowest BCUT2D eigenvalue weighted by atomic mass is 9.99. The van der Waals surface area contributed by atoms with Crippen LogP contribution in [0.4, 0.5) is 0 Å². The number of ether oxygens (including phenoxy) is 1. The van der Waals surface area contributed by atoms with Gasteiger partial charge >= 0.3 is 8.25 Å². The Bertz CT molecular complexity index is 380. The first-order chi connectivity index (χ1) is 9.13. The van der Waals surface area contributed by atoms with E-state index in [4.69, 9.17) is 19.9 Å². The van der Waals surface area contributed by atoms with E-state index in [1.807, 2.05) is 37.3 Å². The number of hydrogen-bond acceptors (Lipinski definition) is 4. The zero-order valence-corrected chi connectivity index (χ0v) is 14.2. The number of rotatable bonds is 9. The molecule has 1 aromatic rings. The second-order valence-corrected chi connectivity index (χ2v) is 5.09. The van der Waals surface area contributed by atoms with Gasteiger partial charge in [0.15, 0.2) is 0 Å². The van der Waals surface area contributed by atoms with Crippen molar-refractivity contribution >= 4 is 25.2 Å². The molecule has 7 heteroatoms. The molecular formula is C13H23BrNO4P. The summed E-state index contributed by atoms with van der Waals surface area (Å²) < 4.78 is 20.9. The monoisotopic (exact) mass is 367 g/mol. The number of nitrogens with two attached hydrogens (primary N) is 1. The van der Waals surface area contributed by atoms with E-state index >= 15 is 0 Å². The van der Waals surface area contributed by atoms with E-state index in [-0.39, 0.29) is 22.9 Å². The van der Waals surface area contributed by atoms with E-state index in [1.54, 1.807) is 0 Å². The van der Waals surface area contributed by atoms with E-state index < -0.39 is 14.5 Å². The zero-order valence-electron chi connectivity index (χ0n) is 11.5. The Morgan fingerprint density at radius 2 is 2.00 bits per heavy atom. The molecule has 3 atom stereocenters. The van der Waals surface area contributed by atoms with Gasteiger partial charge in [0.1, 0.15) is 12.0 Å². The molecule has 20 heavy (non-hydrogen) atoms. The third-order valence-electron chi connectivity index (χ3n) is 2.96. The van der Waals surface area contributed by atoms with Gasteiger partial charge in [-0.2, -0.15) is 0 Å². The van der Waals surface area contributed by atoms with Gasteiger partial charge in [-0.25, -0.2) is 0 Å². The lowest BCUT2D eigenvalue weighted by Crippen LogP contribution is -2.31. The molecule has 0 aliphatic rings. The lowest BCUT2D eigenvalue weighted by molar-refractivity contribution is 0.119. The molecule has 0 aliphatic heterocycles.